The van der Waals surface area contributed by atoms with Crippen LogP contribution >= 0.6 is 0 Å². The molecule has 0 bridgehead atoms. The number of benzene rings is 1. The van der Waals surface area contributed by atoms with E-state index in [-0.39, 0.29) is 11.3 Å². The third-order valence-electron chi connectivity index (χ3n) is 2.77. The van der Waals surface area contributed by atoms with Crippen LogP contribution in [-0.2, 0) is 0 Å². The molecule has 0 saturated heterocycles. The molecule has 20 heavy (non-hydrogen) atoms. The van der Waals surface area contributed by atoms with Gasteiger partial charge in [-0.3, -0.25) is 4.79 Å². The van der Waals surface area contributed by atoms with E-state index in [0.29, 0.717) is 18.8 Å². The molecule has 6 heteroatoms. The number of hydrogen-bond donors (Lipinski definition) is 1. The number of hydrogen-bond acceptors (Lipinski definition) is 5. The van der Waals surface area contributed by atoms with Crippen LogP contribution in [0.15, 0.2) is 41.5 Å². The molecule has 1 aromatic carbocycles. The summed E-state index contributed by atoms with van der Waals surface area (Å²) >= 11 is 0. The lowest BCUT2D eigenvalue weighted by Crippen LogP contribution is -2.23. The van der Waals surface area contributed by atoms with Gasteiger partial charge in [-0.25, -0.2) is 4.98 Å². The highest BCUT2D eigenvalue weighted by molar-refractivity contribution is 5.64. The average molecular weight is 270 g/mol. The van der Waals surface area contributed by atoms with Crippen molar-refractivity contribution in [3.8, 4) is 11.8 Å². The third-order valence-corrected chi connectivity index (χ3v) is 2.77. The minimum atomic E-state index is -0.351. The lowest BCUT2D eigenvalue weighted by molar-refractivity contribution is 0.406. The van der Waals surface area contributed by atoms with Gasteiger partial charge in [-0.05, 0) is 12.1 Å². The monoisotopic (exact) mass is 270 g/mol. The second kappa shape index (κ2) is 6.38. The molecule has 0 unspecified atom stereocenters. The summed E-state index contributed by atoms with van der Waals surface area (Å²) in [5.74, 6) is 0.534. The van der Waals surface area contributed by atoms with Crippen molar-refractivity contribution in [1.82, 2.24) is 9.97 Å². The zero-order valence-electron chi connectivity index (χ0n) is 11.0. The van der Waals surface area contributed by atoms with E-state index < -0.39 is 0 Å². The first-order chi connectivity index (χ1) is 9.77. The third kappa shape index (κ3) is 2.78. The number of H-pyrrole nitrogens is 1. The number of para-hydroxylation sites is 1. The van der Waals surface area contributed by atoms with Crippen molar-refractivity contribution in [3.05, 3.63) is 47.0 Å². The van der Waals surface area contributed by atoms with Gasteiger partial charge in [0.05, 0.1) is 25.9 Å². The molecule has 0 spiro atoms. The van der Waals surface area contributed by atoms with Gasteiger partial charge in [-0.2, -0.15) is 5.26 Å². The number of rotatable bonds is 5. The first-order valence-corrected chi connectivity index (χ1v) is 6.09. The van der Waals surface area contributed by atoms with Crippen molar-refractivity contribution in [3.63, 3.8) is 0 Å². The lowest BCUT2D eigenvalue weighted by Gasteiger charge is -2.23. The summed E-state index contributed by atoms with van der Waals surface area (Å²) in [5, 5.41) is 8.79. The molecule has 0 aliphatic carbocycles. The Morgan fingerprint density at radius 2 is 2.15 bits per heavy atom. The Kier molecular flexibility index (Phi) is 4.35. The molecule has 6 nitrogen and oxygen atoms in total. The fourth-order valence-electron chi connectivity index (χ4n) is 1.88. The van der Waals surface area contributed by atoms with E-state index in [4.69, 9.17) is 10.00 Å². The van der Waals surface area contributed by atoms with Crippen molar-refractivity contribution >= 4 is 11.5 Å². The molecule has 0 aliphatic rings. The summed E-state index contributed by atoms with van der Waals surface area (Å²) in [6.07, 6.45) is 1.63. The minimum absolute atomic E-state index is 0.134. The van der Waals surface area contributed by atoms with Gasteiger partial charge in [-0.1, -0.05) is 18.2 Å². The van der Waals surface area contributed by atoms with Crippen LogP contribution in [0.5, 0.6) is 5.75 Å². The van der Waals surface area contributed by atoms with Crippen LogP contribution in [0.25, 0.3) is 0 Å². The normalized spacial score (nSPS) is 9.80. The Bertz CT molecular complexity index is 661. The van der Waals surface area contributed by atoms with Crippen LogP contribution in [0.2, 0.25) is 0 Å². The zero-order chi connectivity index (χ0) is 14.4. The van der Waals surface area contributed by atoms with Gasteiger partial charge in [0.1, 0.15) is 0 Å². The number of nitrogens with zero attached hydrogens (tertiary/aromatic N) is 3. The molecule has 102 valence electrons. The fourth-order valence-corrected chi connectivity index (χ4v) is 1.88. The molecule has 1 heterocycles. The van der Waals surface area contributed by atoms with Crippen molar-refractivity contribution in [2.24, 2.45) is 0 Å². The fraction of sp³-hybridized carbons (Fsp3) is 0.214. The highest BCUT2D eigenvalue weighted by Gasteiger charge is 2.17. The van der Waals surface area contributed by atoms with E-state index in [2.05, 4.69) is 16.0 Å². The summed E-state index contributed by atoms with van der Waals surface area (Å²) < 4.78 is 5.13. The SMILES string of the molecule is COc1c(N(CCC#N)c2ccccc2)nc[nH]c1=O. The van der Waals surface area contributed by atoms with E-state index >= 15 is 0 Å². The van der Waals surface area contributed by atoms with Crippen molar-refractivity contribution in [2.45, 2.75) is 6.42 Å². The molecule has 2 aromatic rings. The summed E-state index contributed by atoms with van der Waals surface area (Å²) in [5.41, 5.74) is 0.495. The molecule has 1 aromatic heterocycles. The smallest absolute Gasteiger partial charge is 0.295 e. The quantitative estimate of drug-likeness (QED) is 0.896. The molecule has 2 rings (SSSR count). The highest BCUT2D eigenvalue weighted by Crippen LogP contribution is 2.28. The Labute approximate surface area is 116 Å². The first-order valence-electron chi connectivity index (χ1n) is 6.09. The van der Waals surface area contributed by atoms with Crippen LogP contribution in [0.3, 0.4) is 0 Å². The number of methoxy groups -OCH3 is 1. The lowest BCUT2D eigenvalue weighted by atomic mass is 10.2. The van der Waals surface area contributed by atoms with Crippen LogP contribution in [0.1, 0.15) is 6.42 Å². The van der Waals surface area contributed by atoms with Gasteiger partial charge in [0.15, 0.2) is 5.82 Å². The van der Waals surface area contributed by atoms with Crippen molar-refractivity contribution in [1.29, 1.82) is 5.26 Å². The number of nitriles is 1. The summed E-state index contributed by atoms with van der Waals surface area (Å²) in [6.45, 7) is 0.424. The van der Waals surface area contributed by atoms with E-state index in [0.717, 1.165) is 5.69 Å². The number of anilines is 2. The number of ether oxygens (including phenoxy) is 1. The predicted molar refractivity (Wildman–Crippen MR) is 75.1 cm³/mol. The molecular formula is C14H14N4O2. The van der Waals surface area contributed by atoms with E-state index in [1.807, 2.05) is 30.3 Å². The Hall–Kier alpha value is -2.81. The summed E-state index contributed by atoms with van der Waals surface area (Å²) in [4.78, 5) is 20.2. The summed E-state index contributed by atoms with van der Waals surface area (Å²) in [6, 6.07) is 11.5. The van der Waals surface area contributed by atoms with Gasteiger partial charge >= 0.3 is 0 Å². The molecule has 0 amide bonds. The Morgan fingerprint density at radius 1 is 1.40 bits per heavy atom. The molecule has 0 aliphatic heterocycles. The molecule has 0 radical (unpaired) electrons. The molecule has 0 atom stereocenters. The van der Waals surface area contributed by atoms with E-state index in [1.54, 1.807) is 4.90 Å². The van der Waals surface area contributed by atoms with Crippen LogP contribution < -0.4 is 15.2 Å². The van der Waals surface area contributed by atoms with Crippen molar-refractivity contribution in [2.75, 3.05) is 18.6 Å². The molecular weight excluding hydrogens is 256 g/mol. The van der Waals surface area contributed by atoms with E-state index in [9.17, 15) is 4.79 Å². The van der Waals surface area contributed by atoms with Gasteiger partial charge in [-0.15, -0.1) is 0 Å². The maximum absolute atomic E-state index is 11.8. The van der Waals surface area contributed by atoms with E-state index in [1.165, 1.54) is 13.4 Å². The van der Waals surface area contributed by atoms with Crippen LogP contribution in [0, 0.1) is 11.3 Å². The van der Waals surface area contributed by atoms with Gasteiger partial charge < -0.3 is 14.6 Å². The Morgan fingerprint density at radius 3 is 2.80 bits per heavy atom. The number of aromatic nitrogens is 2. The van der Waals surface area contributed by atoms with Crippen LogP contribution in [-0.4, -0.2) is 23.6 Å². The number of nitrogens with one attached hydrogen (secondary N) is 1. The Balaban J connectivity index is 2.50. The van der Waals surface area contributed by atoms with Crippen LogP contribution in [0.4, 0.5) is 11.5 Å². The van der Waals surface area contributed by atoms with Crippen molar-refractivity contribution < 1.29 is 4.74 Å². The maximum Gasteiger partial charge on any atom is 0.295 e. The standard InChI is InChI=1S/C14H14N4O2/c1-20-12-13(16-10-17-14(12)19)18(9-5-8-15)11-6-3-2-4-7-11/h2-4,6-7,10H,5,9H2,1H3,(H,16,17,19). The average Bonchev–Trinajstić information content (AvgIpc) is 2.49. The molecule has 0 saturated carbocycles. The second-order valence-electron chi connectivity index (χ2n) is 3.98. The van der Waals surface area contributed by atoms with Gasteiger partial charge in [0.25, 0.3) is 5.56 Å². The minimum Gasteiger partial charge on any atom is -0.488 e. The molecule has 1 N–H and O–H groups in total. The topological polar surface area (TPSA) is 82.0 Å². The van der Waals surface area contributed by atoms with Gasteiger partial charge in [0, 0.05) is 12.2 Å². The summed E-state index contributed by atoms with van der Waals surface area (Å²) in [7, 11) is 1.42. The second-order valence-corrected chi connectivity index (χ2v) is 3.98. The highest BCUT2D eigenvalue weighted by atomic mass is 16.5. The zero-order valence-corrected chi connectivity index (χ0v) is 11.0. The van der Waals surface area contributed by atoms with Gasteiger partial charge in [0.2, 0.25) is 5.75 Å². The first kappa shape index (κ1) is 13.6. The largest absolute Gasteiger partial charge is 0.488 e. The number of aromatic amines is 1. The molecule has 0 fully saturated rings. The predicted octanol–water partition coefficient (Wildman–Crippen LogP) is 1.83. The maximum atomic E-state index is 11.8.